The fraction of sp³-hybridized carbons (Fsp3) is 1.00. The summed E-state index contributed by atoms with van der Waals surface area (Å²) in [5.41, 5.74) is 0. The van der Waals surface area contributed by atoms with Gasteiger partial charge >= 0.3 is 67.0 Å². The quantitative estimate of drug-likeness (QED) is 0.535. The first-order valence-corrected chi connectivity index (χ1v) is 7.13. The van der Waals surface area contributed by atoms with Gasteiger partial charge in [-0.2, -0.15) is 0 Å². The molecule has 0 aromatic heterocycles. The van der Waals surface area contributed by atoms with Gasteiger partial charge in [0.05, 0.1) is 0 Å². The number of hydrogen-bond acceptors (Lipinski definition) is 2. The molecule has 0 radical (unpaired) electrons. The molecule has 53 valence electrons. The molecule has 0 saturated carbocycles. The minimum atomic E-state index is -0.00707. The summed E-state index contributed by atoms with van der Waals surface area (Å²) in [5, 5.41) is 0. The van der Waals surface area contributed by atoms with E-state index >= 15 is 0 Å². The van der Waals surface area contributed by atoms with E-state index in [9.17, 15) is 0 Å². The van der Waals surface area contributed by atoms with Gasteiger partial charge in [0.1, 0.15) is 0 Å². The monoisotopic (exact) mass is 335 g/mol. The van der Waals surface area contributed by atoms with Crippen LogP contribution in [0.3, 0.4) is 0 Å². The summed E-state index contributed by atoms with van der Waals surface area (Å²) in [6.07, 6.45) is 2.45. The molecule has 0 aromatic carbocycles. The zero-order valence-electron chi connectivity index (χ0n) is 4.19. The van der Waals surface area contributed by atoms with Gasteiger partial charge in [-0.05, 0) is 0 Å². The van der Waals surface area contributed by atoms with Crippen molar-refractivity contribution in [2.45, 2.75) is 16.3 Å². The summed E-state index contributed by atoms with van der Waals surface area (Å²) in [4.78, 5) is 0. The van der Waals surface area contributed by atoms with E-state index in [0.717, 1.165) is 6.61 Å². The molecule has 1 unspecified atom stereocenters. The van der Waals surface area contributed by atoms with Crippen LogP contribution >= 0.6 is 21.2 Å². The van der Waals surface area contributed by atoms with E-state index in [0.29, 0.717) is 3.47 Å². The van der Waals surface area contributed by atoms with Crippen LogP contribution in [0, 0.1) is 0 Å². The van der Waals surface area contributed by atoms with E-state index in [-0.39, 0.29) is 18.7 Å². The molecular formula is C4H7AuClOS. The van der Waals surface area contributed by atoms with E-state index in [1.165, 1.54) is 12.8 Å². The Balaban J connectivity index is 2.13. The fourth-order valence-corrected chi connectivity index (χ4v) is 3.57. The van der Waals surface area contributed by atoms with E-state index in [2.05, 4.69) is 0 Å². The maximum atomic E-state index is 5.68. The van der Waals surface area contributed by atoms with Crippen LogP contribution in [0.15, 0.2) is 0 Å². The van der Waals surface area contributed by atoms with Gasteiger partial charge in [-0.1, -0.05) is 0 Å². The average molecular weight is 336 g/mol. The molecule has 1 nitrogen and oxygen atoms in total. The van der Waals surface area contributed by atoms with E-state index in [1.807, 2.05) is 0 Å². The molecule has 0 aromatic rings. The molecule has 1 fully saturated rings. The van der Waals surface area contributed by atoms with Crippen molar-refractivity contribution in [2.24, 2.45) is 0 Å². The number of rotatable bonds is 1. The molecule has 8 heavy (non-hydrogen) atoms. The Kier molecular flexibility index (Phi) is 3.91. The third kappa shape index (κ3) is 2.29. The van der Waals surface area contributed by atoms with E-state index in [4.69, 9.17) is 13.4 Å². The summed E-state index contributed by atoms with van der Waals surface area (Å²) in [6, 6.07) is 0. The van der Waals surface area contributed by atoms with Crippen molar-refractivity contribution >= 4 is 21.2 Å². The van der Waals surface area contributed by atoms with Gasteiger partial charge in [0.25, 0.3) is 0 Å². The standard InChI is InChI=1S/C4H7OS.Au.ClH/c1-2-4-6-5-3-1;;/h4H,1-3H2;;1H/q;+1;/p-1. The molecule has 0 aliphatic carbocycles. The summed E-state index contributed by atoms with van der Waals surface area (Å²) in [6.45, 7) is 0.916. The molecule has 0 spiro atoms. The molecule has 1 rings (SSSR count). The Morgan fingerprint density at radius 1 is 1.75 bits per heavy atom. The van der Waals surface area contributed by atoms with Gasteiger partial charge in [0, 0.05) is 0 Å². The zero-order valence-corrected chi connectivity index (χ0v) is 7.93. The maximum absolute atomic E-state index is 5.68. The van der Waals surface area contributed by atoms with Gasteiger partial charge in [-0.3, -0.25) is 0 Å². The second-order valence-electron chi connectivity index (χ2n) is 1.49. The van der Waals surface area contributed by atoms with Crippen molar-refractivity contribution < 1.29 is 22.9 Å². The number of hydrogen-bond donors (Lipinski definition) is 0. The molecule has 1 aliphatic heterocycles. The van der Waals surface area contributed by atoms with Crippen LogP contribution in [0.2, 0.25) is 0 Å². The van der Waals surface area contributed by atoms with Gasteiger partial charge < -0.3 is 0 Å². The van der Waals surface area contributed by atoms with Gasteiger partial charge in [0.15, 0.2) is 0 Å². The molecule has 0 amide bonds. The molecular weight excluding hydrogens is 329 g/mol. The van der Waals surface area contributed by atoms with Crippen LogP contribution in [0.4, 0.5) is 0 Å². The van der Waals surface area contributed by atoms with Gasteiger partial charge in [-0.25, -0.2) is 0 Å². The second kappa shape index (κ2) is 4.20. The van der Waals surface area contributed by atoms with Crippen molar-refractivity contribution in [2.75, 3.05) is 6.61 Å². The molecule has 0 bridgehead atoms. The molecule has 0 N–H and O–H groups in total. The first kappa shape index (κ1) is 7.45. The van der Waals surface area contributed by atoms with Crippen molar-refractivity contribution in [1.29, 1.82) is 0 Å². The van der Waals surface area contributed by atoms with Gasteiger partial charge in [0.2, 0.25) is 0 Å². The Hall–Kier alpha value is 1.34. The second-order valence-corrected chi connectivity index (χ2v) is 6.36. The predicted octanol–water partition coefficient (Wildman–Crippen LogP) is 2.01. The molecule has 4 heteroatoms. The third-order valence-electron chi connectivity index (χ3n) is 0.875. The molecule has 1 heterocycles. The van der Waals surface area contributed by atoms with Crippen LogP contribution in [0.5, 0.6) is 0 Å². The summed E-state index contributed by atoms with van der Waals surface area (Å²) in [5.74, 6) is 0. The van der Waals surface area contributed by atoms with Crippen molar-refractivity contribution in [1.82, 2.24) is 0 Å². The van der Waals surface area contributed by atoms with Crippen molar-refractivity contribution in [3.8, 4) is 0 Å². The summed E-state index contributed by atoms with van der Waals surface area (Å²) >= 11 is 1.57. The predicted molar refractivity (Wildman–Crippen MR) is 32.4 cm³/mol. The topological polar surface area (TPSA) is 9.23 Å². The Morgan fingerprint density at radius 2 is 2.62 bits per heavy atom. The SMILES string of the molecule is [Cl][Au][CH]1CCCOS1. The Morgan fingerprint density at radius 3 is 3.00 bits per heavy atom. The first-order chi connectivity index (χ1) is 3.93. The molecule has 1 saturated heterocycles. The summed E-state index contributed by atoms with van der Waals surface area (Å²) in [7, 11) is 5.68. The normalized spacial score (nSPS) is 30.9. The van der Waals surface area contributed by atoms with Crippen LogP contribution in [0.1, 0.15) is 12.8 Å². The third-order valence-corrected chi connectivity index (χ3v) is 5.91. The minimum absolute atomic E-state index is 0.00707. The van der Waals surface area contributed by atoms with E-state index in [1.54, 1.807) is 12.0 Å². The number of halogens is 1. The van der Waals surface area contributed by atoms with Gasteiger partial charge in [-0.15, -0.1) is 0 Å². The fourth-order valence-electron chi connectivity index (χ4n) is 0.496. The molecule has 1 aliphatic rings. The van der Waals surface area contributed by atoms with Crippen LogP contribution in [-0.4, -0.2) is 10.1 Å². The molecule has 1 atom stereocenters. The van der Waals surface area contributed by atoms with Crippen molar-refractivity contribution in [3.05, 3.63) is 0 Å². The van der Waals surface area contributed by atoms with Crippen molar-refractivity contribution in [3.63, 3.8) is 0 Å². The Bertz CT molecular complexity index is 67.1. The average Bonchev–Trinajstić information content (AvgIpc) is 1.90. The Labute approximate surface area is 66.9 Å². The first-order valence-electron chi connectivity index (χ1n) is 2.39. The van der Waals surface area contributed by atoms with E-state index < -0.39 is 0 Å². The summed E-state index contributed by atoms with van der Waals surface area (Å²) < 4.78 is 5.77. The van der Waals surface area contributed by atoms with Crippen LogP contribution in [-0.2, 0) is 22.9 Å². The zero-order chi connectivity index (χ0) is 5.82. The van der Waals surface area contributed by atoms with Crippen LogP contribution in [0.25, 0.3) is 0 Å². The van der Waals surface area contributed by atoms with Crippen LogP contribution < -0.4 is 0 Å².